The number of rotatable bonds is 8. The van der Waals surface area contributed by atoms with Crippen LogP contribution in [0.5, 0.6) is 5.75 Å². The van der Waals surface area contributed by atoms with Crippen LogP contribution >= 0.6 is 0 Å². The Kier molecular flexibility index (Phi) is 10.3. The van der Waals surface area contributed by atoms with Gasteiger partial charge in [0.25, 0.3) is 0 Å². The molecule has 204 valence electrons. The van der Waals surface area contributed by atoms with Crippen LogP contribution in [0.1, 0.15) is 65.8 Å². The molecule has 0 fully saturated rings. The summed E-state index contributed by atoms with van der Waals surface area (Å²) >= 11 is 0. The van der Waals surface area contributed by atoms with Gasteiger partial charge in [-0.05, 0) is 60.3 Å². The van der Waals surface area contributed by atoms with Crippen molar-refractivity contribution in [3.8, 4) is 16.9 Å². The second kappa shape index (κ2) is 13.4. The van der Waals surface area contributed by atoms with Crippen LogP contribution in [0.4, 0.5) is 13.2 Å². The molecule has 0 saturated heterocycles. The zero-order valence-corrected chi connectivity index (χ0v) is 21.4. The quantitative estimate of drug-likeness (QED) is 0.277. The van der Waals surface area contributed by atoms with Gasteiger partial charge in [-0.2, -0.15) is 13.2 Å². The van der Waals surface area contributed by atoms with Gasteiger partial charge in [-0.25, -0.2) is 4.79 Å². The minimum absolute atomic E-state index is 0.0605. The highest BCUT2D eigenvalue weighted by atomic mass is 19.4. The van der Waals surface area contributed by atoms with E-state index in [1.165, 1.54) is 37.8 Å². The molecule has 5 nitrogen and oxygen atoms in total. The zero-order chi connectivity index (χ0) is 27.7. The molecule has 0 aliphatic carbocycles. The molecule has 0 bridgehead atoms. The van der Waals surface area contributed by atoms with Gasteiger partial charge in [0.05, 0.1) is 23.8 Å². The summed E-state index contributed by atoms with van der Waals surface area (Å²) in [6.45, 7) is 3.30. The van der Waals surface area contributed by atoms with Gasteiger partial charge in [-0.15, -0.1) is 0 Å². The number of benzene rings is 3. The first-order chi connectivity index (χ1) is 18.2. The number of carboxylic acids is 1. The summed E-state index contributed by atoms with van der Waals surface area (Å²) in [4.78, 5) is 11.6. The molecule has 0 spiro atoms. The van der Waals surface area contributed by atoms with Crippen LogP contribution < -0.4 is 10.5 Å². The Bertz CT molecular complexity index is 1190. The fourth-order valence-electron chi connectivity index (χ4n) is 4.42. The summed E-state index contributed by atoms with van der Waals surface area (Å²) < 4.78 is 45.3. The Morgan fingerprint density at radius 2 is 1.76 bits per heavy atom. The molecule has 0 aromatic heterocycles. The molecular weight excluding hydrogens is 495 g/mol. The van der Waals surface area contributed by atoms with Crippen molar-refractivity contribution in [2.75, 3.05) is 13.2 Å². The molecule has 1 aliphatic heterocycles. The topological polar surface area (TPSA) is 92.8 Å². The second-order valence-electron chi connectivity index (χ2n) is 9.37. The van der Waals surface area contributed by atoms with Crippen LogP contribution in [0.25, 0.3) is 11.1 Å². The van der Waals surface area contributed by atoms with E-state index in [0.717, 1.165) is 30.3 Å². The van der Waals surface area contributed by atoms with E-state index in [1.54, 1.807) is 6.07 Å². The Balaban J connectivity index is 0.000000505. The molecule has 38 heavy (non-hydrogen) atoms. The number of aromatic carboxylic acids is 1. The van der Waals surface area contributed by atoms with E-state index in [9.17, 15) is 28.2 Å². The van der Waals surface area contributed by atoms with Crippen molar-refractivity contribution >= 4 is 5.97 Å². The van der Waals surface area contributed by atoms with Crippen molar-refractivity contribution in [1.29, 1.82) is 0 Å². The number of hydrogen-bond donors (Lipinski definition) is 3. The average molecular weight is 530 g/mol. The minimum atomic E-state index is -4.60. The number of halogens is 3. The van der Waals surface area contributed by atoms with Gasteiger partial charge in [0.15, 0.2) is 0 Å². The fraction of sp³-hybridized carbons (Fsp3) is 0.367. The van der Waals surface area contributed by atoms with Crippen molar-refractivity contribution in [2.45, 2.75) is 51.3 Å². The van der Waals surface area contributed by atoms with Gasteiger partial charge >= 0.3 is 12.1 Å². The smallest absolute Gasteiger partial charge is 0.416 e. The van der Waals surface area contributed by atoms with Crippen LogP contribution in [0.2, 0.25) is 0 Å². The predicted octanol–water partition coefficient (Wildman–Crippen LogP) is 6.88. The Morgan fingerprint density at radius 1 is 1.03 bits per heavy atom. The molecule has 1 aliphatic rings. The lowest BCUT2D eigenvalue weighted by atomic mass is 9.87. The molecule has 1 heterocycles. The number of aliphatic hydroxyl groups excluding tert-OH is 1. The van der Waals surface area contributed by atoms with Crippen LogP contribution in [0.15, 0.2) is 66.7 Å². The molecule has 4 rings (SSSR count). The lowest BCUT2D eigenvalue weighted by molar-refractivity contribution is -0.137. The van der Waals surface area contributed by atoms with Gasteiger partial charge in [0.2, 0.25) is 0 Å². The molecular formula is C30H34F3NO4. The molecule has 8 heteroatoms. The molecule has 3 aromatic carbocycles. The summed E-state index contributed by atoms with van der Waals surface area (Å²) in [5, 5.41) is 20.2. The Labute approximate surface area is 221 Å². The van der Waals surface area contributed by atoms with Crippen molar-refractivity contribution in [2.24, 2.45) is 11.7 Å². The van der Waals surface area contributed by atoms with E-state index in [0.29, 0.717) is 17.7 Å². The van der Waals surface area contributed by atoms with Gasteiger partial charge in [-0.1, -0.05) is 68.7 Å². The first-order valence-corrected chi connectivity index (χ1v) is 12.8. The third-order valence-corrected chi connectivity index (χ3v) is 6.52. The molecule has 0 amide bonds. The number of aliphatic hydroxyl groups is 1. The summed E-state index contributed by atoms with van der Waals surface area (Å²) in [5.41, 5.74) is 5.89. The van der Waals surface area contributed by atoms with Gasteiger partial charge in [0, 0.05) is 11.5 Å². The number of nitrogens with two attached hydrogens (primary N) is 1. The highest BCUT2D eigenvalue weighted by molar-refractivity contribution is 5.96. The Morgan fingerprint density at radius 3 is 2.39 bits per heavy atom. The maximum Gasteiger partial charge on any atom is 0.416 e. The first kappa shape index (κ1) is 29.2. The molecule has 0 radical (unpaired) electrons. The number of ether oxygens (including phenoxy) is 1. The zero-order valence-electron chi connectivity index (χ0n) is 21.4. The predicted molar refractivity (Wildman–Crippen MR) is 141 cm³/mol. The molecule has 2 atom stereocenters. The number of alkyl halides is 3. The van der Waals surface area contributed by atoms with E-state index < -0.39 is 23.8 Å². The fourth-order valence-corrected chi connectivity index (χ4v) is 4.42. The largest absolute Gasteiger partial charge is 0.493 e. The van der Waals surface area contributed by atoms with Gasteiger partial charge in [0.1, 0.15) is 5.75 Å². The normalized spacial score (nSPS) is 16.6. The molecule has 3 aromatic rings. The summed E-state index contributed by atoms with van der Waals surface area (Å²) in [6, 6.07) is 16.8. The van der Waals surface area contributed by atoms with E-state index >= 15 is 0 Å². The van der Waals surface area contributed by atoms with Crippen LogP contribution in [0, 0.1) is 5.92 Å². The number of carbonyl (C=O) groups is 1. The third kappa shape index (κ3) is 7.58. The average Bonchev–Trinajstić information content (AvgIpc) is 2.90. The molecule has 0 saturated carbocycles. The summed E-state index contributed by atoms with van der Waals surface area (Å²) in [7, 11) is 0. The highest BCUT2D eigenvalue weighted by Gasteiger charge is 2.33. The van der Waals surface area contributed by atoms with E-state index in [-0.39, 0.29) is 29.2 Å². The lowest BCUT2D eigenvalue weighted by Gasteiger charge is -2.31. The number of carboxylic acid groups (broad SMARTS) is 1. The van der Waals surface area contributed by atoms with Crippen molar-refractivity contribution in [3.63, 3.8) is 0 Å². The number of hydrogen-bond acceptors (Lipinski definition) is 4. The van der Waals surface area contributed by atoms with Gasteiger partial charge < -0.3 is 20.7 Å². The van der Waals surface area contributed by atoms with Crippen LogP contribution in [-0.4, -0.2) is 29.3 Å². The van der Waals surface area contributed by atoms with Crippen molar-refractivity contribution in [1.82, 2.24) is 0 Å². The van der Waals surface area contributed by atoms with Gasteiger partial charge in [-0.3, -0.25) is 0 Å². The maximum atomic E-state index is 13.2. The van der Waals surface area contributed by atoms with E-state index in [4.69, 9.17) is 10.5 Å². The first-order valence-electron chi connectivity index (χ1n) is 12.8. The van der Waals surface area contributed by atoms with E-state index in [1.807, 2.05) is 30.3 Å². The number of unbranched alkanes of at least 4 members (excludes halogenated alkanes) is 3. The number of fused-ring (bicyclic) bond motifs is 1. The summed E-state index contributed by atoms with van der Waals surface area (Å²) in [6.07, 6.45) is 0.369. The molecule has 2 unspecified atom stereocenters. The van der Waals surface area contributed by atoms with Crippen molar-refractivity contribution in [3.05, 3.63) is 89.0 Å². The second-order valence-corrected chi connectivity index (χ2v) is 9.37. The SMILES string of the molecule is CCCCCCN.O=C(O)c1ccc(C(F)(F)F)cc1-c1ccc2c(c1)OCC(Cc1ccccc1)C2O. The lowest BCUT2D eigenvalue weighted by Crippen LogP contribution is -2.27. The Hall–Kier alpha value is -3.36. The van der Waals surface area contributed by atoms with Crippen molar-refractivity contribution < 1.29 is 32.9 Å². The molecule has 4 N–H and O–H groups in total. The standard InChI is InChI=1S/C24H19F3O4.C6H15N/c25-24(26,27)17-7-9-18(23(29)30)20(12-17)15-6-8-19-21(11-15)31-13-16(22(19)28)10-14-4-2-1-3-5-14;1-2-3-4-5-6-7/h1-9,11-12,16,22,28H,10,13H2,(H,29,30);2-7H2,1H3. The van der Waals surface area contributed by atoms with E-state index in [2.05, 4.69) is 6.92 Å². The van der Waals surface area contributed by atoms with Crippen LogP contribution in [-0.2, 0) is 12.6 Å². The highest BCUT2D eigenvalue weighted by Crippen LogP contribution is 2.41. The monoisotopic (exact) mass is 529 g/mol. The maximum absolute atomic E-state index is 13.2. The summed E-state index contributed by atoms with van der Waals surface area (Å²) in [5.74, 6) is -1.17. The third-order valence-electron chi connectivity index (χ3n) is 6.52. The minimum Gasteiger partial charge on any atom is -0.493 e. The van der Waals surface area contributed by atoms with Crippen LogP contribution in [0.3, 0.4) is 0 Å².